The van der Waals surface area contributed by atoms with E-state index in [4.69, 9.17) is 0 Å². The van der Waals surface area contributed by atoms with Crippen LogP contribution in [0.2, 0.25) is 0 Å². The van der Waals surface area contributed by atoms with Gasteiger partial charge in [0.25, 0.3) is 5.91 Å². The lowest BCUT2D eigenvalue weighted by molar-refractivity contribution is -0.129. The van der Waals surface area contributed by atoms with Crippen LogP contribution >= 0.6 is 23.1 Å². The summed E-state index contributed by atoms with van der Waals surface area (Å²) in [6.07, 6.45) is 1.57. The van der Waals surface area contributed by atoms with E-state index in [0.717, 1.165) is 15.2 Å². The molecular formula is C21H22N4O2S2. The van der Waals surface area contributed by atoms with Crippen molar-refractivity contribution in [1.29, 1.82) is 0 Å². The molecule has 1 aliphatic rings. The third kappa shape index (κ3) is 4.13. The maximum Gasteiger partial charge on any atom is 0.253 e. The lowest BCUT2D eigenvalue weighted by Gasteiger charge is -2.34. The highest BCUT2D eigenvalue weighted by atomic mass is 32.2. The molecule has 6 nitrogen and oxygen atoms in total. The minimum atomic E-state index is 0.0266. The smallest absolute Gasteiger partial charge is 0.253 e. The summed E-state index contributed by atoms with van der Waals surface area (Å²) in [6, 6.07) is 9.28. The van der Waals surface area contributed by atoms with Crippen LogP contribution < -0.4 is 0 Å². The summed E-state index contributed by atoms with van der Waals surface area (Å²) >= 11 is 3.13. The summed E-state index contributed by atoms with van der Waals surface area (Å²) in [5, 5.41) is 1.93. The molecule has 0 saturated carbocycles. The number of thiophene rings is 1. The Hall–Kier alpha value is -2.45. The van der Waals surface area contributed by atoms with E-state index in [-0.39, 0.29) is 11.8 Å². The van der Waals surface area contributed by atoms with E-state index in [1.54, 1.807) is 17.7 Å². The SMILES string of the molecule is Cc1sc2ncnc(SCC(=O)N3CCN(C(=O)c4ccccc4)CC3)c2c1C. The fourth-order valence-electron chi connectivity index (χ4n) is 3.40. The number of thioether (sulfide) groups is 1. The number of carbonyl (C=O) groups is 2. The van der Waals surface area contributed by atoms with Gasteiger partial charge in [-0.15, -0.1) is 11.3 Å². The predicted molar refractivity (Wildman–Crippen MR) is 117 cm³/mol. The van der Waals surface area contributed by atoms with Gasteiger partial charge in [0.2, 0.25) is 5.91 Å². The average molecular weight is 427 g/mol. The third-order valence-electron chi connectivity index (χ3n) is 5.20. The van der Waals surface area contributed by atoms with Crippen LogP contribution in [0.4, 0.5) is 0 Å². The molecular weight excluding hydrogens is 404 g/mol. The van der Waals surface area contributed by atoms with Crippen LogP contribution in [0.3, 0.4) is 0 Å². The van der Waals surface area contributed by atoms with Gasteiger partial charge in [0.15, 0.2) is 0 Å². The number of benzene rings is 1. The van der Waals surface area contributed by atoms with E-state index in [0.29, 0.717) is 37.5 Å². The molecule has 3 heterocycles. The third-order valence-corrected chi connectivity index (χ3v) is 7.29. The van der Waals surface area contributed by atoms with Gasteiger partial charge in [0.05, 0.1) is 5.75 Å². The molecule has 0 aliphatic carbocycles. The number of nitrogens with zero attached hydrogens (tertiary/aromatic N) is 4. The number of aryl methyl sites for hydroxylation is 2. The van der Waals surface area contributed by atoms with Crippen molar-refractivity contribution in [1.82, 2.24) is 19.8 Å². The molecule has 150 valence electrons. The summed E-state index contributed by atoms with van der Waals surface area (Å²) < 4.78 is 0. The summed E-state index contributed by atoms with van der Waals surface area (Å²) in [6.45, 7) is 6.40. The highest BCUT2D eigenvalue weighted by molar-refractivity contribution is 8.00. The Morgan fingerprint density at radius 1 is 1.03 bits per heavy atom. The van der Waals surface area contributed by atoms with E-state index >= 15 is 0 Å². The quantitative estimate of drug-likeness (QED) is 0.473. The molecule has 1 aromatic carbocycles. The first-order chi connectivity index (χ1) is 14.0. The zero-order valence-corrected chi connectivity index (χ0v) is 18.1. The van der Waals surface area contributed by atoms with Gasteiger partial charge in [-0.05, 0) is 31.5 Å². The zero-order chi connectivity index (χ0) is 20.4. The minimum Gasteiger partial charge on any atom is -0.338 e. The topological polar surface area (TPSA) is 66.4 Å². The van der Waals surface area contributed by atoms with Gasteiger partial charge >= 0.3 is 0 Å². The van der Waals surface area contributed by atoms with Gasteiger partial charge in [-0.2, -0.15) is 0 Å². The van der Waals surface area contributed by atoms with Crippen molar-refractivity contribution in [3.8, 4) is 0 Å². The fraction of sp³-hybridized carbons (Fsp3) is 0.333. The van der Waals surface area contributed by atoms with Crippen molar-refractivity contribution in [3.05, 3.63) is 52.7 Å². The van der Waals surface area contributed by atoms with Gasteiger partial charge in [-0.25, -0.2) is 9.97 Å². The first-order valence-corrected chi connectivity index (χ1v) is 11.3. The maximum absolute atomic E-state index is 12.7. The Morgan fingerprint density at radius 2 is 1.72 bits per heavy atom. The Morgan fingerprint density at radius 3 is 2.45 bits per heavy atom. The van der Waals surface area contributed by atoms with Crippen LogP contribution in [-0.4, -0.2) is 63.5 Å². The van der Waals surface area contributed by atoms with Crippen molar-refractivity contribution < 1.29 is 9.59 Å². The molecule has 2 amide bonds. The molecule has 2 aromatic heterocycles. The van der Waals surface area contributed by atoms with Crippen molar-refractivity contribution in [2.45, 2.75) is 18.9 Å². The second kappa shape index (κ2) is 8.51. The van der Waals surface area contributed by atoms with Crippen molar-refractivity contribution >= 4 is 45.1 Å². The number of aromatic nitrogens is 2. The van der Waals surface area contributed by atoms with E-state index in [2.05, 4.69) is 23.8 Å². The molecule has 0 spiro atoms. The number of hydrogen-bond acceptors (Lipinski definition) is 6. The van der Waals surface area contributed by atoms with Crippen LogP contribution in [0, 0.1) is 13.8 Å². The maximum atomic E-state index is 12.7. The Balaban J connectivity index is 1.35. The highest BCUT2D eigenvalue weighted by Gasteiger charge is 2.25. The molecule has 3 aromatic rings. The number of amides is 2. The van der Waals surface area contributed by atoms with Crippen LogP contribution in [-0.2, 0) is 4.79 Å². The van der Waals surface area contributed by atoms with Crippen molar-refractivity contribution in [3.63, 3.8) is 0 Å². The molecule has 29 heavy (non-hydrogen) atoms. The lowest BCUT2D eigenvalue weighted by Crippen LogP contribution is -2.51. The first-order valence-electron chi connectivity index (χ1n) is 9.50. The second-order valence-electron chi connectivity index (χ2n) is 6.97. The largest absolute Gasteiger partial charge is 0.338 e. The standard InChI is InChI=1S/C21H22N4O2S2/c1-14-15(2)29-20-18(14)19(22-13-23-20)28-12-17(26)24-8-10-25(11-9-24)21(27)16-6-4-3-5-7-16/h3-7,13H,8-12H2,1-2H3. The van der Waals surface area contributed by atoms with Crippen LogP contribution in [0.5, 0.6) is 0 Å². The highest BCUT2D eigenvalue weighted by Crippen LogP contribution is 2.34. The zero-order valence-electron chi connectivity index (χ0n) is 16.4. The van der Waals surface area contributed by atoms with Crippen LogP contribution in [0.15, 0.2) is 41.7 Å². The number of carbonyl (C=O) groups excluding carboxylic acids is 2. The van der Waals surface area contributed by atoms with Crippen LogP contribution in [0.1, 0.15) is 20.8 Å². The summed E-state index contributed by atoms with van der Waals surface area (Å²) in [7, 11) is 0. The molecule has 1 fully saturated rings. The number of piperazine rings is 1. The molecule has 0 N–H and O–H groups in total. The average Bonchev–Trinajstić information content (AvgIpc) is 3.06. The number of rotatable bonds is 4. The second-order valence-corrected chi connectivity index (χ2v) is 9.14. The summed E-state index contributed by atoms with van der Waals surface area (Å²) in [5.74, 6) is 0.449. The minimum absolute atomic E-state index is 0.0266. The fourth-order valence-corrected chi connectivity index (χ4v) is 5.42. The molecule has 1 saturated heterocycles. The molecule has 0 atom stereocenters. The molecule has 0 unspecified atom stereocenters. The van der Waals surface area contributed by atoms with Gasteiger partial charge in [0.1, 0.15) is 16.2 Å². The van der Waals surface area contributed by atoms with Gasteiger partial charge in [-0.3, -0.25) is 9.59 Å². The van der Waals surface area contributed by atoms with E-state index in [1.807, 2.05) is 40.1 Å². The van der Waals surface area contributed by atoms with Crippen molar-refractivity contribution in [2.75, 3.05) is 31.9 Å². The summed E-state index contributed by atoms with van der Waals surface area (Å²) in [5.41, 5.74) is 1.88. The molecule has 0 radical (unpaired) electrons. The molecule has 4 rings (SSSR count). The van der Waals surface area contributed by atoms with Gasteiger partial charge in [0, 0.05) is 42.0 Å². The summed E-state index contributed by atoms with van der Waals surface area (Å²) in [4.78, 5) is 39.9. The van der Waals surface area contributed by atoms with E-state index in [1.165, 1.54) is 22.2 Å². The van der Waals surface area contributed by atoms with Crippen molar-refractivity contribution in [2.24, 2.45) is 0 Å². The Kier molecular flexibility index (Phi) is 5.82. The Labute approximate surface area is 177 Å². The first kappa shape index (κ1) is 19.8. The van der Waals surface area contributed by atoms with Gasteiger partial charge in [-0.1, -0.05) is 30.0 Å². The number of fused-ring (bicyclic) bond motifs is 1. The van der Waals surface area contributed by atoms with E-state index in [9.17, 15) is 9.59 Å². The monoisotopic (exact) mass is 426 g/mol. The Bertz CT molecular complexity index is 1040. The number of hydrogen-bond donors (Lipinski definition) is 0. The predicted octanol–water partition coefficient (Wildman–Crippen LogP) is 3.38. The lowest BCUT2D eigenvalue weighted by atomic mass is 10.2. The normalized spacial score (nSPS) is 14.4. The molecule has 0 bridgehead atoms. The van der Waals surface area contributed by atoms with Crippen LogP contribution in [0.25, 0.3) is 10.2 Å². The van der Waals surface area contributed by atoms with E-state index < -0.39 is 0 Å². The molecule has 8 heteroatoms. The van der Waals surface area contributed by atoms with Gasteiger partial charge < -0.3 is 9.80 Å². The molecule has 1 aliphatic heterocycles.